The van der Waals surface area contributed by atoms with Gasteiger partial charge in [-0.05, 0) is 12.1 Å². The van der Waals surface area contributed by atoms with Crippen molar-refractivity contribution in [2.45, 2.75) is 11.5 Å². The van der Waals surface area contributed by atoms with E-state index in [1.54, 1.807) is 30.1 Å². The average molecular weight is 427 g/mol. The van der Waals surface area contributed by atoms with E-state index >= 15 is 0 Å². The summed E-state index contributed by atoms with van der Waals surface area (Å²) in [7, 11) is 1.76. The van der Waals surface area contributed by atoms with Crippen molar-refractivity contribution in [3.63, 3.8) is 0 Å². The van der Waals surface area contributed by atoms with Gasteiger partial charge in [-0.2, -0.15) is 8.78 Å². The van der Waals surface area contributed by atoms with Gasteiger partial charge in [-0.25, -0.2) is 0 Å². The zero-order chi connectivity index (χ0) is 22.1. The van der Waals surface area contributed by atoms with Gasteiger partial charge < -0.3 is 24.3 Å². The van der Waals surface area contributed by atoms with Gasteiger partial charge in [0.05, 0.1) is 12.2 Å². The zero-order valence-corrected chi connectivity index (χ0v) is 16.5. The van der Waals surface area contributed by atoms with Crippen LogP contribution in [0.4, 0.5) is 14.5 Å². The second-order valence-electron chi connectivity index (χ2n) is 7.36. The third-order valence-electron chi connectivity index (χ3n) is 5.06. The highest BCUT2D eigenvalue weighted by Crippen LogP contribution is 2.36. The fourth-order valence-electron chi connectivity index (χ4n) is 3.44. The number of carbonyl (C=O) groups excluding carboxylic acids is 2. The summed E-state index contributed by atoms with van der Waals surface area (Å²) in [5.41, 5.74) is -1.31. The highest BCUT2D eigenvalue weighted by Gasteiger charge is 2.41. The number of alkyl halides is 2. The van der Waals surface area contributed by atoms with E-state index in [9.17, 15) is 18.4 Å². The summed E-state index contributed by atoms with van der Waals surface area (Å²) < 4.78 is 39.8. The summed E-state index contributed by atoms with van der Waals surface area (Å²) in [6.07, 6.45) is 0.576. The minimum atomic E-state index is -3.47. The Bertz CT molecular complexity index is 1100. The smallest absolute Gasteiger partial charge is 0.332 e. The third kappa shape index (κ3) is 3.86. The van der Waals surface area contributed by atoms with Crippen molar-refractivity contribution in [1.82, 2.24) is 10.5 Å². The van der Waals surface area contributed by atoms with Crippen LogP contribution in [-0.4, -0.2) is 43.1 Å². The number of benzene rings is 2. The second-order valence-corrected chi connectivity index (χ2v) is 7.36. The van der Waals surface area contributed by atoms with E-state index in [0.717, 1.165) is 11.8 Å². The third-order valence-corrected chi connectivity index (χ3v) is 5.06. The van der Waals surface area contributed by atoms with Crippen molar-refractivity contribution in [2.24, 2.45) is 0 Å². The Morgan fingerprint density at radius 1 is 1.19 bits per heavy atom. The molecule has 0 unspecified atom stereocenters. The summed E-state index contributed by atoms with van der Waals surface area (Å²) >= 11 is 0. The van der Waals surface area contributed by atoms with Crippen LogP contribution in [0, 0.1) is 0 Å². The molecule has 31 heavy (non-hydrogen) atoms. The quantitative estimate of drug-likeness (QED) is 0.631. The second kappa shape index (κ2) is 7.82. The molecule has 0 bridgehead atoms. The normalized spacial score (nSPS) is 18.5. The number of rotatable bonds is 5. The lowest BCUT2D eigenvalue weighted by Gasteiger charge is -2.30. The van der Waals surface area contributed by atoms with Gasteiger partial charge >= 0.3 is 5.92 Å². The molecule has 0 saturated heterocycles. The monoisotopic (exact) mass is 427 g/mol. The molecule has 1 aliphatic heterocycles. The van der Waals surface area contributed by atoms with Crippen molar-refractivity contribution >= 4 is 17.9 Å². The van der Waals surface area contributed by atoms with E-state index < -0.39 is 23.1 Å². The number of para-hydroxylation sites is 2. The molecule has 0 saturated carbocycles. The number of carbonyl (C=O) groups is 2. The van der Waals surface area contributed by atoms with Gasteiger partial charge in [-0.1, -0.05) is 47.6 Å². The van der Waals surface area contributed by atoms with Gasteiger partial charge in [-0.15, -0.1) is 0 Å². The van der Waals surface area contributed by atoms with Crippen LogP contribution in [0.3, 0.4) is 0 Å². The van der Waals surface area contributed by atoms with E-state index in [1.165, 1.54) is 24.3 Å². The van der Waals surface area contributed by atoms with Crippen molar-refractivity contribution in [3.05, 3.63) is 77.7 Å². The van der Waals surface area contributed by atoms with Crippen molar-refractivity contribution in [1.29, 1.82) is 0 Å². The first kappa shape index (κ1) is 20.5. The van der Waals surface area contributed by atoms with E-state index in [-0.39, 0.29) is 24.4 Å². The number of ether oxygens (including phenoxy) is 1. The van der Waals surface area contributed by atoms with Crippen LogP contribution in [0.25, 0.3) is 0 Å². The van der Waals surface area contributed by atoms with Gasteiger partial charge in [0.15, 0.2) is 12.0 Å². The number of nitrogens with one attached hydrogen (secondary N) is 1. The summed E-state index contributed by atoms with van der Waals surface area (Å²) in [5.74, 6) is -4.50. The highest BCUT2D eigenvalue weighted by molar-refractivity contribution is 5.95. The Hall–Kier alpha value is -3.75. The Balaban J connectivity index is 1.55. The number of likely N-dealkylation sites (N-methyl/N-ethyl adjacent to an activating group) is 1. The molecule has 1 amide bonds. The predicted octanol–water partition coefficient (Wildman–Crippen LogP) is 3.01. The molecular formula is C22H19F2N3O4. The maximum Gasteiger partial charge on any atom is 0.332 e. The van der Waals surface area contributed by atoms with Gasteiger partial charge in [-0.3, -0.25) is 4.79 Å². The van der Waals surface area contributed by atoms with Gasteiger partial charge in [0.2, 0.25) is 5.76 Å². The molecule has 1 atom stereocenters. The van der Waals surface area contributed by atoms with E-state index in [4.69, 9.17) is 9.26 Å². The molecule has 0 radical (unpaired) electrons. The first-order chi connectivity index (χ1) is 14.8. The predicted molar refractivity (Wildman–Crippen MR) is 107 cm³/mol. The molecule has 2 heterocycles. The lowest BCUT2D eigenvalue weighted by Crippen LogP contribution is -2.59. The lowest BCUT2D eigenvalue weighted by molar-refractivity contribution is -0.113. The number of hydrogen-bond acceptors (Lipinski definition) is 6. The molecule has 1 N–H and O–H groups in total. The molecule has 7 nitrogen and oxygen atoms in total. The summed E-state index contributed by atoms with van der Waals surface area (Å²) in [5, 5.41) is 6.05. The van der Waals surface area contributed by atoms with Crippen molar-refractivity contribution in [2.75, 3.05) is 25.1 Å². The molecule has 9 heteroatoms. The standard InChI is InChI=1S/C22H19F2N3O4/c1-27-12-21(13-28,14-30-18-10-6-5-9-17(18)27)25-20(29)16-11-19(31-26-16)22(23,24)15-7-3-2-4-8-15/h2-11,13H,12,14H2,1H3,(H,25,29)/t21-/m0/s1. The summed E-state index contributed by atoms with van der Waals surface area (Å²) in [6, 6.07) is 15.1. The molecule has 160 valence electrons. The number of hydrogen-bond donors (Lipinski definition) is 1. The number of anilines is 1. The number of nitrogens with zero attached hydrogens (tertiary/aromatic N) is 2. The van der Waals surface area contributed by atoms with E-state index in [1.807, 2.05) is 12.1 Å². The van der Waals surface area contributed by atoms with Crippen molar-refractivity contribution < 1.29 is 27.6 Å². The van der Waals surface area contributed by atoms with Gasteiger partial charge in [0.1, 0.15) is 17.9 Å². The average Bonchev–Trinajstić information content (AvgIpc) is 3.25. The molecule has 3 aromatic rings. The summed E-state index contributed by atoms with van der Waals surface area (Å²) in [4.78, 5) is 26.5. The lowest BCUT2D eigenvalue weighted by atomic mass is 10.0. The topological polar surface area (TPSA) is 84.7 Å². The summed E-state index contributed by atoms with van der Waals surface area (Å²) in [6.45, 7) is -0.0153. The highest BCUT2D eigenvalue weighted by atomic mass is 19.3. The van der Waals surface area contributed by atoms with Gasteiger partial charge in [0, 0.05) is 18.7 Å². The molecule has 2 aromatic carbocycles. The molecule has 0 aliphatic carbocycles. The van der Waals surface area contributed by atoms with E-state index in [0.29, 0.717) is 12.0 Å². The Morgan fingerprint density at radius 2 is 1.90 bits per heavy atom. The van der Waals surface area contributed by atoms with Crippen LogP contribution in [0.2, 0.25) is 0 Å². The number of halogens is 2. The number of aldehydes is 1. The fourth-order valence-corrected chi connectivity index (χ4v) is 3.44. The minimum Gasteiger partial charge on any atom is -0.488 e. The SMILES string of the molecule is CN1C[C@@](C=O)(NC(=O)c2cc(C(F)(F)c3ccccc3)on2)COc2ccccc21. The van der Waals surface area contributed by atoms with Crippen LogP contribution in [0.1, 0.15) is 21.8 Å². The van der Waals surface area contributed by atoms with Crippen LogP contribution >= 0.6 is 0 Å². The maximum atomic E-state index is 14.7. The van der Waals surface area contributed by atoms with Crippen LogP contribution in [-0.2, 0) is 10.7 Å². The first-order valence-electron chi connectivity index (χ1n) is 9.47. The Labute approximate surface area is 176 Å². The zero-order valence-electron chi connectivity index (χ0n) is 16.5. The fraction of sp³-hybridized carbons (Fsp3) is 0.227. The molecule has 0 fully saturated rings. The molecule has 1 aliphatic rings. The number of fused-ring (bicyclic) bond motifs is 1. The Kier molecular flexibility index (Phi) is 5.18. The van der Waals surface area contributed by atoms with Gasteiger partial charge in [0.25, 0.3) is 5.91 Å². The number of amides is 1. The van der Waals surface area contributed by atoms with Crippen LogP contribution in [0.5, 0.6) is 5.75 Å². The largest absolute Gasteiger partial charge is 0.488 e. The molecular weight excluding hydrogens is 408 g/mol. The minimum absolute atomic E-state index is 0.115. The van der Waals surface area contributed by atoms with Crippen LogP contribution < -0.4 is 15.0 Å². The van der Waals surface area contributed by atoms with Crippen molar-refractivity contribution in [3.8, 4) is 5.75 Å². The molecule has 4 rings (SSSR count). The molecule has 1 aromatic heterocycles. The first-order valence-corrected chi connectivity index (χ1v) is 9.47. The van der Waals surface area contributed by atoms with E-state index in [2.05, 4.69) is 10.5 Å². The molecule has 0 spiro atoms. The maximum absolute atomic E-state index is 14.7. The van der Waals surface area contributed by atoms with Crippen LogP contribution in [0.15, 0.2) is 65.2 Å². The number of aromatic nitrogens is 1. The Morgan fingerprint density at radius 3 is 2.65 bits per heavy atom.